The number of benzene rings is 1. The third kappa shape index (κ3) is 5.36. The first-order chi connectivity index (χ1) is 15.0. The van der Waals surface area contributed by atoms with E-state index in [0.29, 0.717) is 38.2 Å². The zero-order chi connectivity index (χ0) is 22.4. The SMILES string of the molecule is CC[C@H](c1nnnn1CCOC)N(CCCO)Cc1cc2cc(C)cc(C)c2[nH]c1=O. The van der Waals surface area contributed by atoms with Crippen LogP contribution in [0.5, 0.6) is 0 Å². The van der Waals surface area contributed by atoms with Gasteiger partial charge in [0.25, 0.3) is 5.56 Å². The van der Waals surface area contributed by atoms with Gasteiger partial charge in [0, 0.05) is 32.4 Å². The van der Waals surface area contributed by atoms with E-state index in [1.165, 1.54) is 0 Å². The Balaban J connectivity index is 1.96. The summed E-state index contributed by atoms with van der Waals surface area (Å²) < 4.78 is 6.92. The molecule has 2 N–H and O–H groups in total. The summed E-state index contributed by atoms with van der Waals surface area (Å²) in [7, 11) is 1.64. The minimum Gasteiger partial charge on any atom is -0.396 e. The van der Waals surface area contributed by atoms with E-state index in [1.807, 2.05) is 13.0 Å². The van der Waals surface area contributed by atoms with Gasteiger partial charge in [-0.1, -0.05) is 18.6 Å². The number of pyridine rings is 1. The van der Waals surface area contributed by atoms with E-state index >= 15 is 0 Å². The number of aromatic amines is 1. The summed E-state index contributed by atoms with van der Waals surface area (Å²) in [4.78, 5) is 18.1. The average Bonchev–Trinajstić information content (AvgIpc) is 3.20. The Kier molecular flexibility index (Phi) is 7.89. The summed E-state index contributed by atoms with van der Waals surface area (Å²) in [5, 5.41) is 22.7. The van der Waals surface area contributed by atoms with E-state index in [9.17, 15) is 9.90 Å². The Bertz CT molecular complexity index is 1060. The molecule has 0 aliphatic rings. The third-order valence-corrected chi connectivity index (χ3v) is 5.54. The summed E-state index contributed by atoms with van der Waals surface area (Å²) in [6.45, 7) is 8.33. The molecule has 168 valence electrons. The van der Waals surface area contributed by atoms with Crippen molar-refractivity contribution in [3.63, 3.8) is 0 Å². The molecule has 9 heteroatoms. The number of aryl methyl sites for hydroxylation is 2. The van der Waals surface area contributed by atoms with Crippen molar-refractivity contribution in [1.29, 1.82) is 0 Å². The number of nitrogens with one attached hydrogen (secondary N) is 1. The maximum absolute atomic E-state index is 12.9. The molecule has 9 nitrogen and oxygen atoms in total. The van der Waals surface area contributed by atoms with Gasteiger partial charge in [0.1, 0.15) is 0 Å². The van der Waals surface area contributed by atoms with Gasteiger partial charge in [-0.15, -0.1) is 5.10 Å². The fourth-order valence-electron chi connectivity index (χ4n) is 4.08. The van der Waals surface area contributed by atoms with Crippen LogP contribution in [-0.2, 0) is 17.8 Å². The smallest absolute Gasteiger partial charge is 0.252 e. The molecule has 3 rings (SSSR count). The van der Waals surface area contributed by atoms with Gasteiger partial charge in [0.05, 0.1) is 24.7 Å². The molecule has 1 aromatic carbocycles. The van der Waals surface area contributed by atoms with Gasteiger partial charge in [-0.3, -0.25) is 9.69 Å². The molecule has 2 aromatic heterocycles. The van der Waals surface area contributed by atoms with E-state index < -0.39 is 0 Å². The van der Waals surface area contributed by atoms with E-state index in [1.54, 1.807) is 11.8 Å². The second-order valence-corrected chi connectivity index (χ2v) is 7.89. The first-order valence-corrected chi connectivity index (χ1v) is 10.7. The van der Waals surface area contributed by atoms with Crippen molar-refractivity contribution >= 4 is 10.9 Å². The maximum atomic E-state index is 12.9. The van der Waals surface area contributed by atoms with Crippen molar-refractivity contribution in [3.8, 4) is 0 Å². The molecule has 0 fully saturated rings. The van der Waals surface area contributed by atoms with Gasteiger partial charge in [-0.2, -0.15) is 0 Å². The van der Waals surface area contributed by atoms with E-state index in [-0.39, 0.29) is 18.2 Å². The van der Waals surface area contributed by atoms with Crippen molar-refractivity contribution in [2.45, 2.75) is 52.7 Å². The lowest BCUT2D eigenvalue weighted by molar-refractivity contribution is 0.145. The number of methoxy groups -OCH3 is 1. The monoisotopic (exact) mass is 428 g/mol. The van der Waals surface area contributed by atoms with Crippen LogP contribution in [0.2, 0.25) is 0 Å². The number of nitrogens with zero attached hydrogens (tertiary/aromatic N) is 5. The van der Waals surface area contributed by atoms with Gasteiger partial charge in [-0.25, -0.2) is 4.68 Å². The largest absolute Gasteiger partial charge is 0.396 e. The number of H-pyrrole nitrogens is 1. The number of ether oxygens (including phenoxy) is 1. The molecule has 0 aliphatic carbocycles. The van der Waals surface area contributed by atoms with Gasteiger partial charge < -0.3 is 14.8 Å². The first-order valence-electron chi connectivity index (χ1n) is 10.7. The zero-order valence-electron chi connectivity index (χ0n) is 18.8. The Morgan fingerprint density at radius 3 is 2.81 bits per heavy atom. The van der Waals surface area contributed by atoms with Crippen LogP contribution in [0.15, 0.2) is 23.0 Å². The normalized spacial score (nSPS) is 12.7. The highest BCUT2D eigenvalue weighted by atomic mass is 16.5. The molecule has 0 saturated heterocycles. The van der Waals surface area contributed by atoms with Gasteiger partial charge >= 0.3 is 0 Å². The molecule has 0 saturated carbocycles. The van der Waals surface area contributed by atoms with Crippen LogP contribution >= 0.6 is 0 Å². The number of aromatic nitrogens is 5. The molecule has 0 bridgehead atoms. The second kappa shape index (κ2) is 10.6. The van der Waals surface area contributed by atoms with Crippen molar-refractivity contribution in [1.82, 2.24) is 30.1 Å². The van der Waals surface area contributed by atoms with Crippen LogP contribution in [0.3, 0.4) is 0 Å². The van der Waals surface area contributed by atoms with Crippen LogP contribution in [0.25, 0.3) is 10.9 Å². The molecule has 0 radical (unpaired) electrons. The predicted molar refractivity (Wildman–Crippen MR) is 119 cm³/mol. The topological polar surface area (TPSA) is 109 Å². The minimum atomic E-state index is -0.0951. The lowest BCUT2D eigenvalue weighted by Crippen LogP contribution is -2.34. The first kappa shape index (κ1) is 23.1. The van der Waals surface area contributed by atoms with Crippen molar-refractivity contribution in [3.05, 3.63) is 51.1 Å². The van der Waals surface area contributed by atoms with Crippen LogP contribution in [0.1, 0.15) is 48.3 Å². The van der Waals surface area contributed by atoms with E-state index in [0.717, 1.165) is 34.3 Å². The molecule has 31 heavy (non-hydrogen) atoms. The predicted octanol–water partition coefficient (Wildman–Crippen LogP) is 2.11. The van der Waals surface area contributed by atoms with E-state index in [2.05, 4.69) is 51.4 Å². The number of aliphatic hydroxyl groups excluding tert-OH is 1. The van der Waals surface area contributed by atoms with Gasteiger partial charge in [-0.05, 0) is 60.2 Å². The molecular formula is C22H32N6O3. The third-order valence-electron chi connectivity index (χ3n) is 5.54. The van der Waals surface area contributed by atoms with E-state index in [4.69, 9.17) is 4.74 Å². The Labute approximate surface area is 182 Å². The molecule has 0 amide bonds. The minimum absolute atomic E-state index is 0.0774. The van der Waals surface area contributed by atoms with Gasteiger partial charge in [0.2, 0.25) is 0 Å². The quantitative estimate of drug-likeness (QED) is 0.481. The van der Waals surface area contributed by atoms with Crippen molar-refractivity contribution in [2.24, 2.45) is 0 Å². The molecule has 0 spiro atoms. The highest BCUT2D eigenvalue weighted by molar-refractivity contribution is 5.82. The summed E-state index contributed by atoms with van der Waals surface area (Å²) in [6, 6.07) is 6.04. The molecule has 1 atom stereocenters. The molecule has 3 aromatic rings. The lowest BCUT2D eigenvalue weighted by atomic mass is 10.0. The average molecular weight is 429 g/mol. The Hall–Kier alpha value is -2.62. The van der Waals surface area contributed by atoms with Crippen LogP contribution < -0.4 is 5.56 Å². The molecular weight excluding hydrogens is 396 g/mol. The highest BCUT2D eigenvalue weighted by Crippen LogP contribution is 2.25. The molecule has 0 aliphatic heterocycles. The van der Waals surface area contributed by atoms with Crippen molar-refractivity contribution in [2.75, 3.05) is 26.9 Å². The van der Waals surface area contributed by atoms with Crippen LogP contribution in [0.4, 0.5) is 0 Å². The Morgan fingerprint density at radius 1 is 1.29 bits per heavy atom. The number of hydrogen-bond donors (Lipinski definition) is 2. The lowest BCUT2D eigenvalue weighted by Gasteiger charge is -2.30. The fraction of sp³-hybridized carbons (Fsp3) is 0.545. The number of aliphatic hydroxyl groups is 1. The summed E-state index contributed by atoms with van der Waals surface area (Å²) in [5.74, 6) is 0.737. The summed E-state index contributed by atoms with van der Waals surface area (Å²) in [6.07, 6.45) is 1.36. The number of tetrazole rings is 1. The Morgan fingerprint density at radius 2 is 2.10 bits per heavy atom. The van der Waals surface area contributed by atoms with Gasteiger partial charge in [0.15, 0.2) is 5.82 Å². The fourth-order valence-corrected chi connectivity index (χ4v) is 4.08. The second-order valence-electron chi connectivity index (χ2n) is 7.89. The van der Waals surface area contributed by atoms with Crippen LogP contribution in [-0.4, -0.2) is 62.1 Å². The number of rotatable bonds is 11. The molecule has 2 heterocycles. The molecule has 0 unspecified atom stereocenters. The standard InChI is InChI=1S/C22H32N6O3/c1-5-19(21-24-25-26-28(21)8-10-31-4)27(7-6-9-29)14-18-13-17-12-15(2)11-16(3)20(17)23-22(18)30/h11-13,19,29H,5-10,14H2,1-4H3,(H,23,30)/t19-/m1/s1. The van der Waals surface area contributed by atoms with Crippen LogP contribution in [0, 0.1) is 13.8 Å². The zero-order valence-corrected chi connectivity index (χ0v) is 18.8. The number of fused-ring (bicyclic) bond motifs is 1. The number of hydrogen-bond acceptors (Lipinski definition) is 7. The van der Waals surface area contributed by atoms with Crippen molar-refractivity contribution < 1.29 is 9.84 Å². The summed E-state index contributed by atoms with van der Waals surface area (Å²) >= 11 is 0. The summed E-state index contributed by atoms with van der Waals surface area (Å²) in [5.41, 5.74) is 3.67. The highest BCUT2D eigenvalue weighted by Gasteiger charge is 2.25. The maximum Gasteiger partial charge on any atom is 0.252 e.